The number of hydrogen-bond donors (Lipinski definition) is 4. The maximum Gasteiger partial charge on any atom is 0.337 e. The summed E-state index contributed by atoms with van der Waals surface area (Å²) in [4.78, 5) is 49.1. The quantitative estimate of drug-likeness (QED) is 0.128. The molecule has 2 amide bonds. The number of amides is 2. The SMILES string of the molecule is O=C(Nc1cc(OCCCCOc2ccc(NC(=O)c3ccc4nnnn4n3)c(C(=O)O)c2)ccc1C(=O)O)c1ccc2nnnn2n1. The van der Waals surface area contributed by atoms with Crippen molar-refractivity contribution < 1.29 is 38.9 Å². The van der Waals surface area contributed by atoms with Crippen LogP contribution in [0.15, 0.2) is 60.7 Å². The van der Waals surface area contributed by atoms with Crippen molar-refractivity contribution in [3.05, 3.63) is 83.2 Å². The molecule has 48 heavy (non-hydrogen) atoms. The molecular formula is C28H22N12O8. The molecule has 6 rings (SSSR count). The lowest BCUT2D eigenvalue weighted by atomic mass is 10.1. The Labute approximate surface area is 267 Å². The zero-order valence-corrected chi connectivity index (χ0v) is 24.4. The van der Waals surface area contributed by atoms with Gasteiger partial charge in [-0.1, -0.05) is 0 Å². The molecule has 4 aromatic heterocycles. The van der Waals surface area contributed by atoms with Gasteiger partial charge in [0.1, 0.15) is 11.5 Å². The molecule has 0 saturated carbocycles. The van der Waals surface area contributed by atoms with Crippen LogP contribution in [0.1, 0.15) is 54.5 Å². The van der Waals surface area contributed by atoms with Gasteiger partial charge in [0.15, 0.2) is 22.7 Å². The highest BCUT2D eigenvalue weighted by atomic mass is 16.5. The van der Waals surface area contributed by atoms with Crippen LogP contribution in [0, 0.1) is 0 Å². The second-order valence-electron chi connectivity index (χ2n) is 9.83. The Hall–Kier alpha value is -7.12. The number of anilines is 2. The topological polar surface area (TPSA) is 263 Å². The van der Waals surface area contributed by atoms with E-state index < -0.39 is 23.8 Å². The number of fused-ring (bicyclic) bond motifs is 2. The summed E-state index contributed by atoms with van der Waals surface area (Å²) in [5, 5.41) is 53.9. The van der Waals surface area contributed by atoms with E-state index in [1.807, 2.05) is 0 Å². The molecule has 0 atom stereocenters. The van der Waals surface area contributed by atoms with Gasteiger partial charge in [0.2, 0.25) is 0 Å². The van der Waals surface area contributed by atoms with Gasteiger partial charge in [-0.25, -0.2) is 9.59 Å². The van der Waals surface area contributed by atoms with Crippen LogP contribution in [0.5, 0.6) is 11.5 Å². The number of hydrogen-bond acceptors (Lipinski definition) is 14. The first-order valence-electron chi connectivity index (χ1n) is 14.0. The molecule has 0 unspecified atom stereocenters. The number of ether oxygens (including phenoxy) is 2. The minimum absolute atomic E-state index is 0.00524. The summed E-state index contributed by atoms with van der Waals surface area (Å²) in [5.41, 5.74) is 0.317. The fourth-order valence-electron chi connectivity index (χ4n) is 4.30. The van der Waals surface area contributed by atoms with Gasteiger partial charge < -0.3 is 30.3 Å². The predicted octanol–water partition coefficient (Wildman–Crippen LogP) is 1.49. The van der Waals surface area contributed by atoms with E-state index in [2.05, 4.69) is 51.9 Å². The van der Waals surface area contributed by atoms with Gasteiger partial charge >= 0.3 is 11.9 Å². The van der Waals surface area contributed by atoms with E-state index in [4.69, 9.17) is 9.47 Å². The number of rotatable bonds is 13. The van der Waals surface area contributed by atoms with Crippen molar-refractivity contribution in [3.8, 4) is 11.5 Å². The molecule has 4 N–H and O–H groups in total. The molecule has 0 radical (unpaired) electrons. The number of aromatic nitrogens is 10. The largest absolute Gasteiger partial charge is 0.494 e. The van der Waals surface area contributed by atoms with Gasteiger partial charge in [0, 0.05) is 6.07 Å². The molecule has 0 fully saturated rings. The number of aromatic carboxylic acids is 2. The van der Waals surface area contributed by atoms with Gasteiger partial charge in [-0.2, -0.15) is 0 Å². The van der Waals surface area contributed by atoms with Crippen LogP contribution in [0.25, 0.3) is 11.3 Å². The molecule has 0 aliphatic carbocycles. The Balaban J connectivity index is 1.00. The lowest BCUT2D eigenvalue weighted by molar-refractivity contribution is 0.0686. The molecule has 4 heterocycles. The lowest BCUT2D eigenvalue weighted by Crippen LogP contribution is -2.17. The lowest BCUT2D eigenvalue weighted by Gasteiger charge is -2.13. The zero-order valence-electron chi connectivity index (χ0n) is 24.4. The number of benzene rings is 2. The van der Waals surface area contributed by atoms with Crippen molar-refractivity contribution in [2.24, 2.45) is 0 Å². The van der Waals surface area contributed by atoms with Crippen molar-refractivity contribution in [1.29, 1.82) is 0 Å². The Bertz CT molecular complexity index is 2180. The molecule has 0 aliphatic rings. The van der Waals surface area contributed by atoms with Crippen LogP contribution in [0.2, 0.25) is 0 Å². The number of nitrogens with zero attached hydrogens (tertiary/aromatic N) is 10. The molecule has 0 spiro atoms. The van der Waals surface area contributed by atoms with Crippen molar-refractivity contribution in [1.82, 2.24) is 50.5 Å². The van der Waals surface area contributed by atoms with E-state index in [1.165, 1.54) is 60.7 Å². The Morgan fingerprint density at radius 1 is 0.625 bits per heavy atom. The first kappa shape index (κ1) is 30.9. The predicted molar refractivity (Wildman–Crippen MR) is 160 cm³/mol. The Kier molecular flexibility index (Phi) is 8.67. The molecule has 0 aliphatic heterocycles. The van der Waals surface area contributed by atoms with Crippen LogP contribution in [-0.4, -0.2) is 97.7 Å². The number of carboxylic acid groups (broad SMARTS) is 2. The Morgan fingerprint density at radius 2 is 1.15 bits per heavy atom. The standard InChI is InChI=1S/C28H22N12O8/c41-25(20-7-9-23-31-35-37-39(23)33-20)29-19-6-4-15(13-18(19)28(45)46)47-11-1-2-12-48-16-3-5-17(27(43)44)22(14-16)30-26(42)21-8-10-24-32-36-38-40(24)34-21/h3-10,13-14H,1-2,11-12H2,(H,29,41)(H,30,42)(H,43,44)(H,45,46). The fourth-order valence-corrected chi connectivity index (χ4v) is 4.30. The Morgan fingerprint density at radius 3 is 1.71 bits per heavy atom. The maximum absolute atomic E-state index is 12.8. The number of nitrogens with one attached hydrogen (secondary N) is 2. The van der Waals surface area contributed by atoms with Crippen molar-refractivity contribution in [3.63, 3.8) is 0 Å². The third-order valence-corrected chi connectivity index (χ3v) is 6.62. The average Bonchev–Trinajstić information content (AvgIpc) is 3.75. The summed E-state index contributed by atoms with van der Waals surface area (Å²) < 4.78 is 13.6. The number of carbonyl (C=O) groups excluding carboxylic acids is 2. The van der Waals surface area contributed by atoms with Crippen LogP contribution in [0.4, 0.5) is 11.4 Å². The molecule has 0 bridgehead atoms. The van der Waals surface area contributed by atoms with E-state index in [0.717, 1.165) is 9.26 Å². The summed E-state index contributed by atoms with van der Waals surface area (Å²) in [7, 11) is 0. The molecule has 20 nitrogen and oxygen atoms in total. The van der Waals surface area contributed by atoms with Crippen LogP contribution >= 0.6 is 0 Å². The van der Waals surface area contributed by atoms with E-state index in [0.29, 0.717) is 29.9 Å². The summed E-state index contributed by atoms with van der Waals surface area (Å²) >= 11 is 0. The summed E-state index contributed by atoms with van der Waals surface area (Å²) in [6.45, 7) is 0.457. The average molecular weight is 655 g/mol. The molecule has 2 aromatic carbocycles. The number of carboxylic acids is 2. The van der Waals surface area contributed by atoms with E-state index >= 15 is 0 Å². The third kappa shape index (κ3) is 6.91. The highest BCUT2D eigenvalue weighted by Gasteiger charge is 2.18. The van der Waals surface area contributed by atoms with Gasteiger partial charge in [0.25, 0.3) is 11.8 Å². The molecule has 0 saturated heterocycles. The minimum atomic E-state index is -1.28. The van der Waals surface area contributed by atoms with Gasteiger partial charge in [-0.05, 0) is 88.3 Å². The molecular weight excluding hydrogens is 632 g/mol. The van der Waals surface area contributed by atoms with E-state index in [9.17, 15) is 29.4 Å². The van der Waals surface area contributed by atoms with Crippen molar-refractivity contribution >= 4 is 46.4 Å². The summed E-state index contributed by atoms with van der Waals surface area (Å²) in [5.74, 6) is -3.27. The highest BCUT2D eigenvalue weighted by molar-refractivity contribution is 6.07. The summed E-state index contributed by atoms with van der Waals surface area (Å²) in [6, 6.07) is 14.2. The van der Waals surface area contributed by atoms with E-state index in [-0.39, 0.29) is 52.9 Å². The number of unbranched alkanes of at least 4 members (excludes halogenated alkanes) is 1. The molecule has 242 valence electrons. The van der Waals surface area contributed by atoms with Crippen LogP contribution < -0.4 is 20.1 Å². The van der Waals surface area contributed by atoms with Gasteiger partial charge in [-0.15, -0.1) is 29.7 Å². The third-order valence-electron chi connectivity index (χ3n) is 6.62. The maximum atomic E-state index is 12.8. The minimum Gasteiger partial charge on any atom is -0.494 e. The van der Waals surface area contributed by atoms with Crippen LogP contribution in [-0.2, 0) is 0 Å². The second-order valence-corrected chi connectivity index (χ2v) is 9.83. The molecule has 6 aromatic rings. The number of carbonyl (C=O) groups is 4. The van der Waals surface area contributed by atoms with Crippen molar-refractivity contribution in [2.75, 3.05) is 23.8 Å². The monoisotopic (exact) mass is 654 g/mol. The number of tetrazole rings is 2. The second kappa shape index (κ2) is 13.5. The molecule has 20 heteroatoms. The summed E-state index contributed by atoms with van der Waals surface area (Å²) in [6.07, 6.45) is 1.05. The first-order valence-corrected chi connectivity index (χ1v) is 14.0. The van der Waals surface area contributed by atoms with E-state index in [1.54, 1.807) is 0 Å². The van der Waals surface area contributed by atoms with Gasteiger partial charge in [0.05, 0.1) is 35.7 Å². The normalized spacial score (nSPS) is 10.9. The highest BCUT2D eigenvalue weighted by Crippen LogP contribution is 2.25. The first-order chi connectivity index (χ1) is 23.2. The van der Waals surface area contributed by atoms with Crippen molar-refractivity contribution in [2.45, 2.75) is 12.8 Å². The fraction of sp³-hybridized carbons (Fsp3) is 0.143. The smallest absolute Gasteiger partial charge is 0.337 e. The zero-order chi connectivity index (χ0) is 33.6. The van der Waals surface area contributed by atoms with Crippen LogP contribution in [0.3, 0.4) is 0 Å². The van der Waals surface area contributed by atoms with Gasteiger partial charge in [-0.3, -0.25) is 9.59 Å².